The Balaban J connectivity index is 1.58. The fourth-order valence-corrected chi connectivity index (χ4v) is 8.81. The number of carbonyl (C=O) groups excluding carboxylic acids is 4. The van der Waals surface area contributed by atoms with Gasteiger partial charge in [-0.2, -0.15) is 0 Å². The van der Waals surface area contributed by atoms with E-state index in [2.05, 4.69) is 6.92 Å². The normalized spacial score (nSPS) is 32.3. The van der Waals surface area contributed by atoms with E-state index in [0.29, 0.717) is 30.1 Å². The first-order chi connectivity index (χ1) is 20.3. The van der Waals surface area contributed by atoms with Crippen molar-refractivity contribution in [3.63, 3.8) is 0 Å². The van der Waals surface area contributed by atoms with Gasteiger partial charge in [0, 0.05) is 6.42 Å². The van der Waals surface area contributed by atoms with Gasteiger partial charge in [0.05, 0.1) is 22.9 Å². The lowest BCUT2D eigenvalue weighted by Gasteiger charge is -2.60. The Labute approximate surface area is 261 Å². The first kappa shape index (κ1) is 34.2. The third kappa shape index (κ3) is 6.37. The van der Waals surface area contributed by atoms with Crippen LogP contribution in [0.4, 0.5) is 0 Å². The minimum absolute atomic E-state index is 0.0364. The molecule has 4 aliphatic carbocycles. The number of esters is 4. The molecule has 3 atom stereocenters. The van der Waals surface area contributed by atoms with Gasteiger partial charge in [-0.3, -0.25) is 14.4 Å². The van der Waals surface area contributed by atoms with Gasteiger partial charge in [-0.15, -0.1) is 0 Å². The molecule has 5 aliphatic rings. The molecule has 5 rings (SSSR count). The number of carbonyl (C=O) groups is 5. The molecule has 1 N–H and O–H groups in total. The topological polar surface area (TPSA) is 142 Å². The molecular formula is C34H52O10. The Hall–Kier alpha value is -2.65. The van der Waals surface area contributed by atoms with E-state index in [4.69, 9.17) is 18.9 Å². The molecule has 0 aromatic heterocycles. The van der Waals surface area contributed by atoms with E-state index in [0.717, 1.165) is 32.1 Å². The van der Waals surface area contributed by atoms with Gasteiger partial charge < -0.3 is 24.1 Å². The largest absolute Gasteiger partial charge is 0.481 e. The summed E-state index contributed by atoms with van der Waals surface area (Å²) in [6.07, 6.45) is 5.65. The molecule has 0 aromatic rings. The average molecular weight is 621 g/mol. The van der Waals surface area contributed by atoms with Gasteiger partial charge in [-0.1, -0.05) is 13.8 Å². The Morgan fingerprint density at radius 3 is 1.86 bits per heavy atom. The summed E-state index contributed by atoms with van der Waals surface area (Å²) in [5, 5.41) is 9.99. The van der Waals surface area contributed by atoms with Gasteiger partial charge in [-0.25, -0.2) is 9.59 Å². The molecule has 3 unspecified atom stereocenters. The number of cyclic esters (lactones) is 1. The maximum Gasteiger partial charge on any atom is 0.350 e. The molecule has 4 saturated carbocycles. The summed E-state index contributed by atoms with van der Waals surface area (Å²) in [5.41, 5.74) is -6.28. The van der Waals surface area contributed by atoms with Crippen LogP contribution in [0.3, 0.4) is 0 Å². The minimum Gasteiger partial charge on any atom is -0.481 e. The van der Waals surface area contributed by atoms with Crippen molar-refractivity contribution in [1.82, 2.24) is 0 Å². The fraction of sp³-hybridized carbons (Fsp3) is 0.853. The van der Waals surface area contributed by atoms with Crippen molar-refractivity contribution in [3.05, 3.63) is 0 Å². The maximum atomic E-state index is 14.3. The molecule has 1 saturated heterocycles. The molecule has 0 amide bonds. The highest BCUT2D eigenvalue weighted by molar-refractivity contribution is 5.88. The van der Waals surface area contributed by atoms with Gasteiger partial charge >= 0.3 is 29.8 Å². The van der Waals surface area contributed by atoms with Crippen molar-refractivity contribution in [3.8, 4) is 0 Å². The Kier molecular flexibility index (Phi) is 9.28. The van der Waals surface area contributed by atoms with E-state index >= 15 is 0 Å². The summed E-state index contributed by atoms with van der Waals surface area (Å²) in [4.78, 5) is 65.4. The fourth-order valence-electron chi connectivity index (χ4n) is 8.81. The molecule has 0 radical (unpaired) electrons. The third-order valence-electron chi connectivity index (χ3n) is 11.3. The van der Waals surface area contributed by atoms with Crippen LogP contribution < -0.4 is 0 Å². The highest BCUT2D eigenvalue weighted by Crippen LogP contribution is 2.61. The minimum atomic E-state index is -1.79. The smallest absolute Gasteiger partial charge is 0.350 e. The van der Waals surface area contributed by atoms with Crippen LogP contribution >= 0.6 is 0 Å². The van der Waals surface area contributed by atoms with Crippen molar-refractivity contribution in [1.29, 1.82) is 0 Å². The summed E-state index contributed by atoms with van der Waals surface area (Å²) in [6, 6.07) is 0. The van der Waals surface area contributed by atoms with Crippen LogP contribution in [0.15, 0.2) is 0 Å². The molecule has 44 heavy (non-hydrogen) atoms. The first-order valence-corrected chi connectivity index (χ1v) is 16.4. The second-order valence-electron chi connectivity index (χ2n) is 15.8. The zero-order chi connectivity index (χ0) is 32.9. The van der Waals surface area contributed by atoms with Crippen LogP contribution in [0, 0.1) is 39.9 Å². The highest BCUT2D eigenvalue weighted by atomic mass is 16.6. The molecule has 10 nitrogen and oxygen atoms in total. The van der Waals surface area contributed by atoms with Gasteiger partial charge in [-0.05, 0) is 123 Å². The number of rotatable bonds is 13. The first-order valence-electron chi connectivity index (χ1n) is 16.4. The van der Waals surface area contributed by atoms with Crippen LogP contribution in [0.5, 0.6) is 0 Å². The number of ether oxygens (including phenoxy) is 4. The number of aliphatic carboxylic acids is 1. The van der Waals surface area contributed by atoms with E-state index in [-0.39, 0.29) is 31.8 Å². The van der Waals surface area contributed by atoms with Crippen molar-refractivity contribution in [2.24, 2.45) is 39.9 Å². The Bertz CT molecular complexity index is 1140. The van der Waals surface area contributed by atoms with Crippen molar-refractivity contribution < 1.29 is 48.0 Å². The number of hydrogen-bond donors (Lipinski definition) is 1. The molecule has 1 aliphatic heterocycles. The standard InChI is InChI=1S/C34H52O10/c1-9-32(7,28(39)44-34(10-2)22-14-20-13-21(16-22)17-23(34)15-20)19-33(8,18-30(3,4)26(36)37)29(40)43-31(5,6)27(38)42-24-11-12-41-25(24)35/h20-24H,9-19H2,1-8H3,(H,36,37). The summed E-state index contributed by atoms with van der Waals surface area (Å²) in [7, 11) is 0. The van der Waals surface area contributed by atoms with Crippen LogP contribution in [0.1, 0.15) is 120 Å². The third-order valence-corrected chi connectivity index (χ3v) is 11.3. The SMILES string of the molecule is CCC(C)(CC(C)(CC(C)(C)C(=O)O)C(=O)OC(C)(C)C(=O)OC1CCOC1=O)C(=O)OC1(CC)C2CC3CC(C2)CC1C3. The number of carboxylic acids is 1. The lowest BCUT2D eigenvalue weighted by atomic mass is 9.49. The van der Waals surface area contributed by atoms with Crippen molar-refractivity contribution >= 4 is 29.8 Å². The van der Waals surface area contributed by atoms with Gasteiger partial charge in [0.15, 0.2) is 0 Å². The number of carboxylic acid groups (broad SMARTS) is 1. The van der Waals surface area contributed by atoms with Gasteiger partial charge in [0.25, 0.3) is 0 Å². The Morgan fingerprint density at radius 1 is 0.841 bits per heavy atom. The van der Waals surface area contributed by atoms with Crippen molar-refractivity contribution in [2.75, 3.05) is 6.61 Å². The van der Waals surface area contributed by atoms with Gasteiger partial charge in [0.2, 0.25) is 11.7 Å². The monoisotopic (exact) mass is 620 g/mol. The summed E-state index contributed by atoms with van der Waals surface area (Å²) >= 11 is 0. The van der Waals surface area contributed by atoms with E-state index in [1.807, 2.05) is 6.92 Å². The van der Waals surface area contributed by atoms with E-state index in [9.17, 15) is 29.1 Å². The summed E-state index contributed by atoms with van der Waals surface area (Å²) < 4.78 is 22.5. The second-order valence-corrected chi connectivity index (χ2v) is 15.8. The van der Waals surface area contributed by atoms with E-state index < -0.39 is 57.4 Å². The van der Waals surface area contributed by atoms with Crippen LogP contribution in [-0.4, -0.2) is 58.9 Å². The molecule has 1 heterocycles. The molecule has 0 spiro atoms. The van der Waals surface area contributed by atoms with Crippen LogP contribution in [0.25, 0.3) is 0 Å². The van der Waals surface area contributed by atoms with E-state index in [1.165, 1.54) is 34.1 Å². The second kappa shape index (κ2) is 11.9. The summed E-state index contributed by atoms with van der Waals surface area (Å²) in [5.74, 6) is -1.80. The Morgan fingerprint density at radius 2 is 1.41 bits per heavy atom. The zero-order valence-electron chi connectivity index (χ0n) is 27.8. The maximum absolute atomic E-state index is 14.3. The van der Waals surface area contributed by atoms with Crippen LogP contribution in [0.2, 0.25) is 0 Å². The zero-order valence-corrected chi connectivity index (χ0v) is 27.8. The molecular weight excluding hydrogens is 568 g/mol. The lowest BCUT2D eigenvalue weighted by molar-refractivity contribution is -0.221. The molecule has 0 aromatic carbocycles. The quantitative estimate of drug-likeness (QED) is 0.203. The number of hydrogen-bond acceptors (Lipinski definition) is 9. The molecule has 5 fully saturated rings. The lowest BCUT2D eigenvalue weighted by Crippen LogP contribution is -2.60. The summed E-state index contributed by atoms with van der Waals surface area (Å²) in [6.45, 7) is 13.2. The molecule has 248 valence electrons. The van der Waals surface area contributed by atoms with Crippen LogP contribution in [-0.2, 0) is 42.9 Å². The van der Waals surface area contributed by atoms with Gasteiger partial charge in [0.1, 0.15) is 5.60 Å². The predicted molar refractivity (Wildman–Crippen MR) is 159 cm³/mol. The molecule has 10 heteroatoms. The molecule has 4 bridgehead atoms. The van der Waals surface area contributed by atoms with Crippen molar-refractivity contribution in [2.45, 2.75) is 137 Å². The predicted octanol–water partition coefficient (Wildman–Crippen LogP) is 5.63. The highest BCUT2D eigenvalue weighted by Gasteiger charge is 2.60. The average Bonchev–Trinajstić information content (AvgIpc) is 3.33. The van der Waals surface area contributed by atoms with E-state index in [1.54, 1.807) is 13.8 Å².